The van der Waals surface area contributed by atoms with E-state index in [1.165, 1.54) is 54.6 Å². The first-order valence-corrected chi connectivity index (χ1v) is 15.5. The van der Waals surface area contributed by atoms with E-state index in [9.17, 15) is 0 Å². The van der Waals surface area contributed by atoms with Gasteiger partial charge in [-0.3, -0.25) is 15.0 Å². The number of benzene rings is 6. The highest BCUT2D eigenvalue weighted by atomic mass is 14.8. The summed E-state index contributed by atoms with van der Waals surface area (Å²) in [7, 11) is 0. The fourth-order valence-corrected chi connectivity index (χ4v) is 6.74. The summed E-state index contributed by atoms with van der Waals surface area (Å²) in [5.74, 6) is 0. The normalized spacial score (nSPS) is 11.5. The van der Waals surface area contributed by atoms with Crippen molar-refractivity contribution in [2.24, 2.45) is 0 Å². The molecule has 3 nitrogen and oxygen atoms in total. The zero-order chi connectivity index (χ0) is 30.5. The van der Waals surface area contributed by atoms with E-state index in [1.807, 2.05) is 48.8 Å². The Morgan fingerprint density at radius 3 is 1.43 bits per heavy atom. The van der Waals surface area contributed by atoms with Gasteiger partial charge in [-0.1, -0.05) is 109 Å². The van der Waals surface area contributed by atoms with Crippen molar-refractivity contribution >= 4 is 32.3 Å². The molecule has 0 spiro atoms. The van der Waals surface area contributed by atoms with E-state index in [0.29, 0.717) is 0 Å². The topological polar surface area (TPSA) is 38.7 Å². The van der Waals surface area contributed by atoms with E-state index in [0.717, 1.165) is 33.8 Å². The van der Waals surface area contributed by atoms with Crippen LogP contribution in [0, 0.1) is 0 Å². The molecule has 0 aliphatic carbocycles. The molecule has 3 heterocycles. The monoisotopic (exact) mass is 585 g/mol. The Labute approximate surface area is 266 Å². The molecule has 3 aromatic heterocycles. The molecule has 0 fully saturated rings. The van der Waals surface area contributed by atoms with E-state index in [1.54, 1.807) is 6.20 Å². The lowest BCUT2D eigenvalue weighted by molar-refractivity contribution is 1.25. The van der Waals surface area contributed by atoms with Gasteiger partial charge in [-0.05, 0) is 96.5 Å². The van der Waals surface area contributed by atoms with Crippen molar-refractivity contribution in [3.8, 4) is 56.0 Å². The van der Waals surface area contributed by atoms with Crippen LogP contribution in [0.3, 0.4) is 0 Å². The minimum Gasteiger partial charge on any atom is -0.256 e. The molecule has 0 bridgehead atoms. The Morgan fingerprint density at radius 1 is 0.326 bits per heavy atom. The molecule has 0 amide bonds. The van der Waals surface area contributed by atoms with Gasteiger partial charge in [0.05, 0.1) is 17.1 Å². The lowest BCUT2D eigenvalue weighted by atomic mass is 9.85. The van der Waals surface area contributed by atoms with Gasteiger partial charge in [0.2, 0.25) is 0 Å². The summed E-state index contributed by atoms with van der Waals surface area (Å²) in [6, 6.07) is 51.8. The molecular weight excluding hydrogens is 558 g/mol. The molecule has 0 saturated carbocycles. The second-order valence-corrected chi connectivity index (χ2v) is 11.7. The van der Waals surface area contributed by atoms with Gasteiger partial charge in [-0.15, -0.1) is 0 Å². The van der Waals surface area contributed by atoms with Gasteiger partial charge in [0.25, 0.3) is 0 Å². The van der Waals surface area contributed by atoms with E-state index < -0.39 is 0 Å². The quantitative estimate of drug-likeness (QED) is 0.189. The first-order valence-electron chi connectivity index (χ1n) is 15.5. The molecule has 0 N–H and O–H groups in total. The number of pyridine rings is 3. The van der Waals surface area contributed by atoms with Crippen LogP contribution in [-0.4, -0.2) is 15.0 Å². The van der Waals surface area contributed by atoms with Crippen molar-refractivity contribution in [2.45, 2.75) is 0 Å². The predicted octanol–water partition coefficient (Wildman–Crippen LogP) is 11.1. The van der Waals surface area contributed by atoms with Crippen molar-refractivity contribution in [3.05, 3.63) is 164 Å². The highest BCUT2D eigenvalue weighted by molar-refractivity contribution is 6.28. The summed E-state index contributed by atoms with van der Waals surface area (Å²) in [5.41, 5.74) is 10.9. The lowest BCUT2D eigenvalue weighted by Gasteiger charge is -2.18. The Kier molecular flexibility index (Phi) is 6.14. The summed E-state index contributed by atoms with van der Waals surface area (Å²) in [6.07, 6.45) is 5.57. The van der Waals surface area contributed by atoms with Crippen LogP contribution in [-0.2, 0) is 0 Å². The van der Waals surface area contributed by atoms with Crippen molar-refractivity contribution in [2.75, 3.05) is 0 Å². The molecule has 46 heavy (non-hydrogen) atoms. The summed E-state index contributed by atoms with van der Waals surface area (Å²) < 4.78 is 0. The molecule has 9 rings (SSSR count). The molecule has 0 unspecified atom stereocenters. The molecule has 214 valence electrons. The van der Waals surface area contributed by atoms with Crippen molar-refractivity contribution < 1.29 is 0 Å². The summed E-state index contributed by atoms with van der Waals surface area (Å²) in [4.78, 5) is 13.7. The largest absolute Gasteiger partial charge is 0.256 e. The number of hydrogen-bond donors (Lipinski definition) is 0. The smallest absolute Gasteiger partial charge is 0.0886 e. The van der Waals surface area contributed by atoms with Gasteiger partial charge in [-0.2, -0.15) is 0 Å². The molecule has 0 radical (unpaired) electrons. The van der Waals surface area contributed by atoms with E-state index in [2.05, 4.69) is 119 Å². The predicted molar refractivity (Wildman–Crippen MR) is 191 cm³/mol. The second kappa shape index (κ2) is 10.8. The average molecular weight is 586 g/mol. The van der Waals surface area contributed by atoms with Gasteiger partial charge in [0.15, 0.2) is 0 Å². The van der Waals surface area contributed by atoms with Crippen LogP contribution in [0.4, 0.5) is 0 Å². The highest BCUT2D eigenvalue weighted by Gasteiger charge is 2.17. The second-order valence-electron chi connectivity index (χ2n) is 11.7. The maximum atomic E-state index is 4.70. The van der Waals surface area contributed by atoms with Crippen molar-refractivity contribution in [3.63, 3.8) is 0 Å². The van der Waals surface area contributed by atoms with E-state index in [-0.39, 0.29) is 0 Å². The van der Waals surface area contributed by atoms with Gasteiger partial charge in [0.1, 0.15) is 0 Å². The third-order valence-corrected chi connectivity index (χ3v) is 9.02. The summed E-state index contributed by atoms with van der Waals surface area (Å²) in [6.45, 7) is 0. The van der Waals surface area contributed by atoms with Crippen molar-refractivity contribution in [1.82, 2.24) is 15.0 Å². The Hall–Kier alpha value is -6.19. The number of nitrogens with zero attached hydrogens (tertiary/aromatic N) is 3. The zero-order valence-corrected chi connectivity index (χ0v) is 24.9. The Morgan fingerprint density at radius 2 is 0.870 bits per heavy atom. The van der Waals surface area contributed by atoms with E-state index >= 15 is 0 Å². The third kappa shape index (κ3) is 4.41. The van der Waals surface area contributed by atoms with Crippen molar-refractivity contribution in [1.29, 1.82) is 0 Å². The van der Waals surface area contributed by atoms with Crippen LogP contribution in [0.1, 0.15) is 0 Å². The number of rotatable bonds is 5. The van der Waals surface area contributed by atoms with Crippen LogP contribution >= 0.6 is 0 Å². The van der Waals surface area contributed by atoms with Crippen LogP contribution in [0.25, 0.3) is 88.3 Å². The van der Waals surface area contributed by atoms with Gasteiger partial charge in [0, 0.05) is 29.7 Å². The fraction of sp³-hybridized carbons (Fsp3) is 0. The maximum absolute atomic E-state index is 4.70. The van der Waals surface area contributed by atoms with Gasteiger partial charge in [-0.25, -0.2) is 0 Å². The first kappa shape index (κ1) is 26.2. The van der Waals surface area contributed by atoms with Crippen LogP contribution in [0.15, 0.2) is 164 Å². The van der Waals surface area contributed by atoms with Gasteiger partial charge >= 0.3 is 0 Å². The number of hydrogen-bond acceptors (Lipinski definition) is 3. The molecule has 9 aromatic rings. The Balaban J connectivity index is 1.18. The molecule has 3 heteroatoms. The van der Waals surface area contributed by atoms with Crippen LogP contribution < -0.4 is 0 Å². The average Bonchev–Trinajstić information content (AvgIpc) is 3.15. The SMILES string of the molecule is c1ccc(-c2ccc(-c3cc(-c4ccc(-c5ccc(-c6ccccn6)nc5)cc4)c4ccc5cccc6ccc3c4c56)cc2)nc1. The zero-order valence-electron chi connectivity index (χ0n) is 24.9. The molecule has 0 atom stereocenters. The maximum Gasteiger partial charge on any atom is 0.0886 e. The van der Waals surface area contributed by atoms with E-state index in [4.69, 9.17) is 4.98 Å². The first-order chi connectivity index (χ1) is 22.8. The minimum atomic E-state index is 0.871. The van der Waals surface area contributed by atoms with Crippen LogP contribution in [0.2, 0.25) is 0 Å². The molecule has 0 aliphatic rings. The van der Waals surface area contributed by atoms with Crippen LogP contribution in [0.5, 0.6) is 0 Å². The highest BCUT2D eigenvalue weighted by Crippen LogP contribution is 2.44. The molecule has 0 aliphatic heterocycles. The molecule has 0 saturated heterocycles. The standard InChI is InChI=1S/C43H27N3/c1-3-24-44-39(8-1)31-16-14-30(15-17-31)38-26-37(35-21-18-32-6-5-7-33-19-22-36(38)43(35)42(32)33)29-12-10-28(11-13-29)34-20-23-41(46-27-34)40-9-2-4-25-45-40/h1-27H. The molecule has 6 aromatic carbocycles. The number of aromatic nitrogens is 3. The Bertz CT molecular complexity index is 2450. The minimum absolute atomic E-state index is 0.871. The summed E-state index contributed by atoms with van der Waals surface area (Å²) >= 11 is 0. The molecular formula is C43H27N3. The fourth-order valence-electron chi connectivity index (χ4n) is 6.74. The van der Waals surface area contributed by atoms with Gasteiger partial charge < -0.3 is 0 Å². The lowest BCUT2D eigenvalue weighted by Crippen LogP contribution is -1.91. The third-order valence-electron chi connectivity index (χ3n) is 9.02. The summed E-state index contributed by atoms with van der Waals surface area (Å²) in [5, 5.41) is 7.70.